The number of pyridine rings is 1. The van der Waals surface area contributed by atoms with Gasteiger partial charge in [-0.1, -0.05) is 34.7 Å². The monoisotopic (exact) mass is 801 g/mol. The van der Waals surface area contributed by atoms with Crippen LogP contribution in [0.3, 0.4) is 0 Å². The predicted octanol–water partition coefficient (Wildman–Crippen LogP) is 5.11. The lowest BCUT2D eigenvalue weighted by Crippen LogP contribution is -2.47. The number of alkyl halides is 1. The van der Waals surface area contributed by atoms with E-state index in [4.69, 9.17) is 9.47 Å². The first-order valence-corrected chi connectivity index (χ1v) is 17.1. The van der Waals surface area contributed by atoms with Gasteiger partial charge in [0.1, 0.15) is 34.5 Å². The third-order valence-corrected chi connectivity index (χ3v) is 10.3. The summed E-state index contributed by atoms with van der Waals surface area (Å²) in [6.07, 6.45) is 5.59. The number of fused-ring (bicyclic) bond motifs is 4. The number of nitrogens with zero attached hydrogens (tertiary/aromatic N) is 6. The van der Waals surface area contributed by atoms with E-state index in [1.54, 1.807) is 28.0 Å². The molecule has 2 bridgehead atoms. The minimum absolute atomic E-state index is 0.0574. The van der Waals surface area contributed by atoms with E-state index in [2.05, 4.69) is 63.9 Å². The van der Waals surface area contributed by atoms with Gasteiger partial charge < -0.3 is 19.7 Å². The summed E-state index contributed by atoms with van der Waals surface area (Å²) in [4.78, 5) is 55.4. The molecule has 14 heteroatoms. The maximum absolute atomic E-state index is 14.1. The second-order valence-electron chi connectivity index (χ2n) is 11.5. The van der Waals surface area contributed by atoms with Gasteiger partial charge in [0.25, 0.3) is 0 Å². The van der Waals surface area contributed by atoms with Crippen molar-refractivity contribution in [2.75, 3.05) is 25.1 Å². The van der Waals surface area contributed by atoms with Crippen molar-refractivity contribution in [2.45, 2.75) is 56.4 Å². The van der Waals surface area contributed by atoms with E-state index in [1.807, 2.05) is 31.2 Å². The molecule has 240 valence electrons. The van der Waals surface area contributed by atoms with Gasteiger partial charge in [-0.05, 0) is 65.9 Å². The Bertz CT molecular complexity index is 1780. The molecule has 0 radical (unpaired) electrons. The molecule has 1 unspecified atom stereocenters. The molecule has 0 spiro atoms. The molecule has 0 aliphatic carbocycles. The second-order valence-corrected chi connectivity index (χ2v) is 13.6. The summed E-state index contributed by atoms with van der Waals surface area (Å²) in [6, 6.07) is 8.52. The lowest BCUT2D eigenvalue weighted by atomic mass is 10.0. The van der Waals surface area contributed by atoms with Crippen LogP contribution < -0.4 is 5.32 Å². The van der Waals surface area contributed by atoms with Crippen LogP contribution in [0.25, 0.3) is 22.0 Å². The van der Waals surface area contributed by atoms with E-state index in [-0.39, 0.29) is 39.8 Å². The normalized spacial score (nSPS) is 20.9. The number of hydrogen-bond acceptors (Lipinski definition) is 9. The number of halogens is 2. The van der Waals surface area contributed by atoms with Gasteiger partial charge >= 0.3 is 0 Å². The fraction of sp³-hybridized carbons (Fsp3) is 0.406. The molecule has 0 saturated carbocycles. The third kappa shape index (κ3) is 6.99. The molecule has 2 aliphatic rings. The molecule has 2 amide bonds. The summed E-state index contributed by atoms with van der Waals surface area (Å²) in [6.45, 7) is 4.99. The molecule has 1 fully saturated rings. The fourth-order valence-electron chi connectivity index (χ4n) is 5.81. The van der Waals surface area contributed by atoms with Gasteiger partial charge in [-0.2, -0.15) is 5.10 Å². The van der Waals surface area contributed by atoms with Gasteiger partial charge in [0.05, 0.1) is 22.8 Å². The highest BCUT2D eigenvalue weighted by molar-refractivity contribution is 14.1. The number of rotatable bonds is 4. The molecule has 5 heterocycles. The Hall–Kier alpha value is -3.34. The molecule has 46 heavy (non-hydrogen) atoms. The minimum Gasteiger partial charge on any atom is -0.381 e. The number of amides is 2. The van der Waals surface area contributed by atoms with Gasteiger partial charge in [0.2, 0.25) is 11.8 Å². The van der Waals surface area contributed by atoms with Crippen LogP contribution in [0.15, 0.2) is 47.3 Å². The van der Waals surface area contributed by atoms with Crippen LogP contribution in [-0.2, 0) is 32.2 Å². The Morgan fingerprint density at radius 3 is 2.61 bits per heavy atom. The van der Waals surface area contributed by atoms with Gasteiger partial charge in [0, 0.05) is 55.0 Å². The largest absolute Gasteiger partial charge is 0.381 e. The molecule has 3 aromatic heterocycles. The highest BCUT2D eigenvalue weighted by Crippen LogP contribution is 2.36. The van der Waals surface area contributed by atoms with Gasteiger partial charge in [-0.3, -0.25) is 19.1 Å². The average molecular weight is 802 g/mol. The SMILES string of the molecule is CC(=O)c1nn(CC(=O)N2[C@H](I)C3COCCCCOCc4ccc(Br)nc4NC(=O)[C@@H]2C3)c2ccc(-c3cnc(C)nc3)cc12. The van der Waals surface area contributed by atoms with E-state index in [0.717, 1.165) is 29.5 Å². The van der Waals surface area contributed by atoms with Crippen LogP contribution in [0.5, 0.6) is 0 Å². The van der Waals surface area contributed by atoms with Crippen molar-refractivity contribution < 1.29 is 23.9 Å². The highest BCUT2D eigenvalue weighted by Gasteiger charge is 2.46. The topological polar surface area (TPSA) is 141 Å². The maximum Gasteiger partial charge on any atom is 0.248 e. The summed E-state index contributed by atoms with van der Waals surface area (Å²) in [5.41, 5.74) is 3.29. The van der Waals surface area contributed by atoms with E-state index < -0.39 is 6.04 Å². The molecule has 3 atom stereocenters. The van der Waals surface area contributed by atoms with Crippen molar-refractivity contribution in [1.82, 2.24) is 29.6 Å². The standard InChI is InChI=1S/C32H33BrIN7O5/c1-18(42)29-24-11-20(23-13-35-19(2)36-14-23)5-7-25(24)40(39-29)15-28(43)41-26-12-22(30(41)34)17-46-10-4-3-9-45-16-21-6-8-27(33)37-31(21)38-32(26)44/h5-8,11,13-14,22,26,30H,3-4,9-10,12,15-17H2,1-2H3,(H,37,38,44)/t22?,26-,30-/m0/s1. The van der Waals surface area contributed by atoms with Gasteiger partial charge in [0.15, 0.2) is 5.78 Å². The van der Waals surface area contributed by atoms with Gasteiger partial charge in [-0.25, -0.2) is 15.0 Å². The smallest absolute Gasteiger partial charge is 0.248 e. The van der Waals surface area contributed by atoms with Crippen molar-refractivity contribution in [3.8, 4) is 11.1 Å². The zero-order chi connectivity index (χ0) is 32.4. The quantitative estimate of drug-likeness (QED) is 0.0981. The number of hydrogen-bond donors (Lipinski definition) is 1. The number of benzene rings is 1. The summed E-state index contributed by atoms with van der Waals surface area (Å²) in [5, 5.41) is 8.17. The Morgan fingerprint density at radius 1 is 1.09 bits per heavy atom. The molecular formula is C32H33BrIN7O5. The fourth-order valence-corrected chi connectivity index (χ4v) is 7.32. The third-order valence-electron chi connectivity index (χ3n) is 8.19. The van der Waals surface area contributed by atoms with Crippen molar-refractivity contribution in [3.63, 3.8) is 0 Å². The highest BCUT2D eigenvalue weighted by atomic mass is 127. The number of aryl methyl sites for hydroxylation is 1. The number of anilines is 1. The minimum atomic E-state index is -0.759. The van der Waals surface area contributed by atoms with Crippen LogP contribution in [0.1, 0.15) is 48.1 Å². The van der Waals surface area contributed by atoms with Crippen LogP contribution in [0.4, 0.5) is 5.82 Å². The van der Waals surface area contributed by atoms with Crippen LogP contribution in [0, 0.1) is 12.8 Å². The summed E-state index contributed by atoms with van der Waals surface area (Å²) >= 11 is 5.64. The van der Waals surface area contributed by atoms with E-state index in [1.165, 1.54) is 6.92 Å². The summed E-state index contributed by atoms with van der Waals surface area (Å²) < 4.78 is 13.7. The van der Waals surface area contributed by atoms with Crippen molar-refractivity contribution in [3.05, 3.63) is 64.4 Å². The zero-order valence-corrected chi connectivity index (χ0v) is 29.2. The number of ketones is 1. The molecule has 2 aliphatic heterocycles. The molecule has 1 N–H and O–H groups in total. The Labute approximate surface area is 287 Å². The maximum atomic E-state index is 14.1. The molecular weight excluding hydrogens is 769 g/mol. The van der Waals surface area contributed by atoms with E-state index in [9.17, 15) is 14.4 Å². The Morgan fingerprint density at radius 2 is 1.85 bits per heavy atom. The number of likely N-dealkylation sites (tertiary alicyclic amines) is 1. The molecule has 1 saturated heterocycles. The van der Waals surface area contributed by atoms with Crippen molar-refractivity contribution in [2.24, 2.45) is 5.92 Å². The zero-order valence-electron chi connectivity index (χ0n) is 25.4. The van der Waals surface area contributed by atoms with E-state index >= 15 is 0 Å². The number of nitrogens with one attached hydrogen (secondary N) is 1. The molecule has 4 aromatic rings. The van der Waals surface area contributed by atoms with Crippen LogP contribution >= 0.6 is 38.5 Å². The number of carbonyl (C=O) groups is 3. The van der Waals surface area contributed by atoms with E-state index in [0.29, 0.717) is 60.0 Å². The molecule has 6 rings (SSSR count). The lowest BCUT2D eigenvalue weighted by Gasteiger charge is -2.28. The number of carbonyl (C=O) groups excluding carboxylic acids is 3. The number of Topliss-reactive ketones (excluding diaryl/α,β-unsaturated/α-hetero) is 1. The summed E-state index contributed by atoms with van der Waals surface area (Å²) in [7, 11) is 0. The number of aromatic nitrogens is 5. The van der Waals surface area contributed by atoms with Crippen LogP contribution in [0.2, 0.25) is 0 Å². The number of ether oxygens (including phenoxy) is 2. The first-order chi connectivity index (χ1) is 22.2. The molecule has 12 nitrogen and oxygen atoms in total. The first kappa shape index (κ1) is 32.6. The summed E-state index contributed by atoms with van der Waals surface area (Å²) in [5.74, 6) is 0.158. The van der Waals surface area contributed by atoms with Crippen LogP contribution in [-0.4, -0.2) is 77.1 Å². The van der Waals surface area contributed by atoms with Crippen molar-refractivity contribution >= 4 is 72.8 Å². The average Bonchev–Trinajstić information content (AvgIpc) is 3.56. The Kier molecular flexibility index (Phi) is 10.1. The second kappa shape index (κ2) is 14.2. The lowest BCUT2D eigenvalue weighted by molar-refractivity contribution is -0.137. The Balaban J connectivity index is 1.31. The van der Waals surface area contributed by atoms with Gasteiger partial charge in [-0.15, -0.1) is 0 Å². The van der Waals surface area contributed by atoms with Crippen molar-refractivity contribution in [1.29, 1.82) is 0 Å². The molecule has 1 aromatic carbocycles. The first-order valence-electron chi connectivity index (χ1n) is 15.1. The predicted molar refractivity (Wildman–Crippen MR) is 182 cm³/mol.